The van der Waals surface area contributed by atoms with Gasteiger partial charge in [0.05, 0.1) is 35.5 Å². The summed E-state index contributed by atoms with van der Waals surface area (Å²) >= 11 is 0. The third kappa shape index (κ3) is 6.04. The van der Waals surface area contributed by atoms with Crippen molar-refractivity contribution in [1.82, 2.24) is 34.0 Å². The molecule has 12 nitrogen and oxygen atoms in total. The van der Waals surface area contributed by atoms with E-state index in [0.29, 0.717) is 24.6 Å². The van der Waals surface area contributed by atoms with Gasteiger partial charge >= 0.3 is 11.8 Å². The van der Waals surface area contributed by atoms with Gasteiger partial charge in [0.25, 0.3) is 5.56 Å². The predicted octanol–water partition coefficient (Wildman–Crippen LogP) is 3.33. The van der Waals surface area contributed by atoms with E-state index in [-0.39, 0.29) is 24.8 Å². The molecule has 0 unspecified atom stereocenters. The molecule has 12 heteroatoms. The first-order valence-corrected chi connectivity index (χ1v) is 14.9. The smallest absolute Gasteiger partial charge is 0.407 e. The van der Waals surface area contributed by atoms with Gasteiger partial charge in [0.15, 0.2) is 11.2 Å². The molecule has 0 spiro atoms. The first-order chi connectivity index (χ1) is 20.8. The molecule has 1 fully saturated rings. The van der Waals surface area contributed by atoms with Gasteiger partial charge in [-0.2, -0.15) is 4.98 Å². The van der Waals surface area contributed by atoms with Crippen LogP contribution in [0.15, 0.2) is 21.7 Å². The lowest BCUT2D eigenvalue weighted by Gasteiger charge is -2.34. The quantitative estimate of drug-likeness (QED) is 0.346. The number of amides is 1. The average Bonchev–Trinajstić information content (AvgIpc) is 3.33. The summed E-state index contributed by atoms with van der Waals surface area (Å²) in [7, 11) is 1.62. The van der Waals surface area contributed by atoms with Gasteiger partial charge in [0.2, 0.25) is 5.95 Å². The van der Waals surface area contributed by atoms with Crippen molar-refractivity contribution in [2.24, 2.45) is 7.05 Å². The normalized spacial score (nSPS) is 15.4. The number of hydrogen-bond donors (Lipinski definition) is 1. The molecule has 232 valence electrons. The summed E-state index contributed by atoms with van der Waals surface area (Å²) < 4.78 is 9.89. The average molecular weight is 601 g/mol. The molecule has 5 rings (SSSR count). The Labute approximate surface area is 256 Å². The van der Waals surface area contributed by atoms with Crippen molar-refractivity contribution in [1.29, 1.82) is 0 Å². The minimum Gasteiger partial charge on any atom is -0.444 e. The fourth-order valence-electron chi connectivity index (χ4n) is 5.65. The summed E-state index contributed by atoms with van der Waals surface area (Å²) in [6.45, 7) is 14.4. The Morgan fingerprint density at radius 3 is 2.52 bits per heavy atom. The van der Waals surface area contributed by atoms with Crippen LogP contribution in [0.5, 0.6) is 0 Å². The molecule has 4 heterocycles. The number of aryl methyl sites for hydroxylation is 4. The van der Waals surface area contributed by atoms with Crippen LogP contribution >= 0.6 is 0 Å². The van der Waals surface area contributed by atoms with Gasteiger partial charge < -0.3 is 15.0 Å². The number of hydrogen-bond acceptors (Lipinski definition) is 8. The number of carbonyl (C=O) groups is 1. The standard InChI is InChI=1S/C32H40N8O4/c1-9-10-14-39-26-27(36-29(39)38-13-11-12-23(18-38)35-30(42)44-32(5,6)7)37(8)31(43)40(28(26)41)17-22-15-19(2)25-24(16-22)33-20(3)21(4)34-25/h15-16,23H,11-14,17-18H2,1-8H3,(H,35,42)/t23-/m1/s1. The number of alkyl carbamates (subject to hydrolysis) is 1. The summed E-state index contributed by atoms with van der Waals surface area (Å²) in [5.41, 5.74) is 4.00. The van der Waals surface area contributed by atoms with E-state index in [9.17, 15) is 14.4 Å². The predicted molar refractivity (Wildman–Crippen MR) is 170 cm³/mol. The summed E-state index contributed by atoms with van der Waals surface area (Å²) in [4.78, 5) is 56.4. The number of aromatic nitrogens is 6. The van der Waals surface area contributed by atoms with Crippen LogP contribution in [0.3, 0.4) is 0 Å². The fraction of sp³-hybridized carbons (Fsp3) is 0.500. The molecule has 1 aromatic carbocycles. The molecule has 1 saturated heterocycles. The van der Waals surface area contributed by atoms with Crippen LogP contribution in [0.1, 0.15) is 63.1 Å². The number of rotatable bonds is 5. The van der Waals surface area contributed by atoms with Crippen molar-refractivity contribution in [2.45, 2.75) is 86.0 Å². The largest absolute Gasteiger partial charge is 0.444 e. The molecule has 1 amide bonds. The Hall–Kier alpha value is -4.66. The second-order valence-corrected chi connectivity index (χ2v) is 12.4. The van der Waals surface area contributed by atoms with Crippen molar-refractivity contribution in [3.63, 3.8) is 0 Å². The first kappa shape index (κ1) is 30.8. The lowest BCUT2D eigenvalue weighted by molar-refractivity contribution is 0.0499. The Morgan fingerprint density at radius 2 is 1.82 bits per heavy atom. The number of nitrogens with zero attached hydrogens (tertiary/aromatic N) is 7. The van der Waals surface area contributed by atoms with Gasteiger partial charge in [-0.25, -0.2) is 19.6 Å². The van der Waals surface area contributed by atoms with E-state index in [0.717, 1.165) is 46.4 Å². The molecule has 1 aliphatic heterocycles. The third-order valence-corrected chi connectivity index (χ3v) is 7.82. The number of ether oxygens (including phenoxy) is 1. The summed E-state index contributed by atoms with van der Waals surface area (Å²) in [6, 6.07) is 3.66. The number of benzene rings is 1. The van der Waals surface area contributed by atoms with E-state index in [1.54, 1.807) is 18.5 Å². The number of nitrogens with one attached hydrogen (secondary N) is 1. The Balaban J connectivity index is 1.56. The lowest BCUT2D eigenvalue weighted by Crippen LogP contribution is -2.49. The van der Waals surface area contributed by atoms with Gasteiger partial charge in [-0.05, 0) is 78.5 Å². The summed E-state index contributed by atoms with van der Waals surface area (Å²) in [5, 5.41) is 2.97. The molecular formula is C32H40N8O4. The molecule has 1 atom stereocenters. The maximum atomic E-state index is 14.1. The molecule has 1 N–H and O–H groups in total. The Bertz CT molecular complexity index is 1950. The molecular weight excluding hydrogens is 560 g/mol. The van der Waals surface area contributed by atoms with E-state index in [1.165, 1.54) is 9.13 Å². The van der Waals surface area contributed by atoms with E-state index >= 15 is 0 Å². The molecule has 0 radical (unpaired) electrons. The zero-order chi connectivity index (χ0) is 31.9. The van der Waals surface area contributed by atoms with Crippen LogP contribution in [-0.4, -0.2) is 59.5 Å². The molecule has 1 aliphatic rings. The lowest BCUT2D eigenvalue weighted by atomic mass is 10.1. The number of imidazole rings is 1. The van der Waals surface area contributed by atoms with Crippen LogP contribution in [0.2, 0.25) is 0 Å². The maximum absolute atomic E-state index is 14.1. The fourth-order valence-corrected chi connectivity index (χ4v) is 5.65. The molecule has 4 aromatic rings. The molecule has 0 bridgehead atoms. The molecule has 0 saturated carbocycles. The highest BCUT2D eigenvalue weighted by Crippen LogP contribution is 2.24. The van der Waals surface area contributed by atoms with E-state index in [1.807, 2.05) is 58.6 Å². The number of fused-ring (bicyclic) bond motifs is 2. The second kappa shape index (κ2) is 11.8. The second-order valence-electron chi connectivity index (χ2n) is 12.4. The SMILES string of the molecule is CC#CCn1c(N2CCC[C@@H](NC(=O)OC(C)(C)C)C2)nc2c1c(=O)n(Cc1cc(C)c3nc(C)c(C)nc3c1)c(=O)n2C. The highest BCUT2D eigenvalue weighted by molar-refractivity contribution is 5.79. The minimum absolute atomic E-state index is 0.0679. The molecule has 3 aromatic heterocycles. The van der Waals surface area contributed by atoms with E-state index in [4.69, 9.17) is 14.7 Å². The Morgan fingerprint density at radius 1 is 1.09 bits per heavy atom. The topological polar surface area (TPSA) is 129 Å². The minimum atomic E-state index is -0.604. The van der Waals surface area contributed by atoms with Gasteiger partial charge in [0.1, 0.15) is 5.60 Å². The van der Waals surface area contributed by atoms with E-state index in [2.05, 4.69) is 22.1 Å². The number of piperidine rings is 1. The summed E-state index contributed by atoms with van der Waals surface area (Å²) in [6.07, 6.45) is 1.11. The monoisotopic (exact) mass is 600 g/mol. The van der Waals surface area contributed by atoms with Crippen LogP contribution in [0.4, 0.5) is 10.7 Å². The first-order valence-electron chi connectivity index (χ1n) is 14.9. The zero-order valence-corrected chi connectivity index (χ0v) is 26.7. The van der Waals surface area contributed by atoms with Crippen LogP contribution in [0, 0.1) is 32.6 Å². The molecule has 44 heavy (non-hydrogen) atoms. The van der Waals surface area contributed by atoms with Crippen LogP contribution in [0.25, 0.3) is 22.2 Å². The number of anilines is 1. The van der Waals surface area contributed by atoms with Gasteiger partial charge in [-0.15, -0.1) is 5.92 Å². The van der Waals surface area contributed by atoms with Gasteiger partial charge in [-0.3, -0.25) is 18.5 Å². The van der Waals surface area contributed by atoms with Crippen molar-refractivity contribution >= 4 is 34.2 Å². The highest BCUT2D eigenvalue weighted by atomic mass is 16.6. The summed E-state index contributed by atoms with van der Waals surface area (Å²) in [5.74, 6) is 6.51. The van der Waals surface area contributed by atoms with Crippen molar-refractivity contribution in [2.75, 3.05) is 18.0 Å². The van der Waals surface area contributed by atoms with Crippen molar-refractivity contribution in [3.05, 3.63) is 55.5 Å². The highest BCUT2D eigenvalue weighted by Gasteiger charge is 2.29. The Kier molecular flexibility index (Phi) is 8.25. The van der Waals surface area contributed by atoms with Crippen LogP contribution in [-0.2, 0) is 24.9 Å². The van der Waals surface area contributed by atoms with E-state index < -0.39 is 22.9 Å². The van der Waals surface area contributed by atoms with Gasteiger partial charge in [0, 0.05) is 26.2 Å². The number of carbonyl (C=O) groups excluding carboxylic acids is 1. The maximum Gasteiger partial charge on any atom is 0.407 e. The molecule has 0 aliphatic carbocycles. The third-order valence-electron chi connectivity index (χ3n) is 7.82. The van der Waals surface area contributed by atoms with Crippen molar-refractivity contribution in [3.8, 4) is 11.8 Å². The van der Waals surface area contributed by atoms with Crippen LogP contribution < -0.4 is 21.5 Å². The van der Waals surface area contributed by atoms with Crippen molar-refractivity contribution < 1.29 is 9.53 Å². The zero-order valence-electron chi connectivity index (χ0n) is 26.7. The van der Waals surface area contributed by atoms with Gasteiger partial charge in [-0.1, -0.05) is 12.0 Å².